The van der Waals surface area contributed by atoms with Crippen LogP contribution in [0.1, 0.15) is 11.1 Å². The predicted molar refractivity (Wildman–Crippen MR) is 81.6 cm³/mol. The number of pyridine rings is 1. The summed E-state index contributed by atoms with van der Waals surface area (Å²) < 4.78 is 35.1. The number of aromatic nitrogens is 1. The lowest BCUT2D eigenvalue weighted by Crippen LogP contribution is -2.07. The lowest BCUT2D eigenvalue weighted by Gasteiger charge is -2.09. The van der Waals surface area contributed by atoms with Gasteiger partial charge in [0.1, 0.15) is 0 Å². The van der Waals surface area contributed by atoms with Gasteiger partial charge in [-0.05, 0) is 41.1 Å². The van der Waals surface area contributed by atoms with Crippen LogP contribution in [-0.2, 0) is 20.9 Å². The van der Waals surface area contributed by atoms with Crippen LogP contribution in [0.15, 0.2) is 45.9 Å². The van der Waals surface area contributed by atoms with Crippen molar-refractivity contribution in [2.45, 2.75) is 18.4 Å². The minimum atomic E-state index is -3.81. The van der Waals surface area contributed by atoms with Crippen molar-refractivity contribution >= 4 is 26.0 Å². The van der Waals surface area contributed by atoms with Gasteiger partial charge in [-0.3, -0.25) is 4.18 Å². The van der Waals surface area contributed by atoms with Crippen LogP contribution in [0.25, 0.3) is 0 Å². The van der Waals surface area contributed by atoms with Crippen molar-refractivity contribution in [3.8, 4) is 5.88 Å². The van der Waals surface area contributed by atoms with Gasteiger partial charge in [0.05, 0.1) is 18.6 Å². The zero-order chi connectivity index (χ0) is 15.5. The largest absolute Gasteiger partial charge is 0.481 e. The molecule has 0 N–H and O–H groups in total. The molecule has 21 heavy (non-hydrogen) atoms. The van der Waals surface area contributed by atoms with E-state index in [4.69, 9.17) is 8.92 Å². The molecule has 2 rings (SSSR count). The van der Waals surface area contributed by atoms with Gasteiger partial charge in [-0.25, -0.2) is 4.98 Å². The molecule has 0 aliphatic rings. The van der Waals surface area contributed by atoms with Gasteiger partial charge in [0.2, 0.25) is 5.88 Å². The highest BCUT2D eigenvalue weighted by Crippen LogP contribution is 2.22. The van der Waals surface area contributed by atoms with Crippen molar-refractivity contribution in [2.24, 2.45) is 0 Å². The van der Waals surface area contributed by atoms with Crippen molar-refractivity contribution in [1.82, 2.24) is 4.98 Å². The van der Waals surface area contributed by atoms with E-state index in [-0.39, 0.29) is 11.5 Å². The van der Waals surface area contributed by atoms with E-state index in [1.165, 1.54) is 19.2 Å². The minimum Gasteiger partial charge on any atom is -0.481 e. The standard InChI is InChI=1S/C14H14BrNO4S/c1-10-3-5-13(6-4-10)21(17,18)20-9-11-7-12(15)8-16-14(11)19-2/h3-8H,9H2,1-2H3. The maximum absolute atomic E-state index is 12.1. The van der Waals surface area contributed by atoms with E-state index in [9.17, 15) is 8.42 Å². The molecule has 0 amide bonds. The number of rotatable bonds is 5. The van der Waals surface area contributed by atoms with E-state index in [2.05, 4.69) is 20.9 Å². The Hall–Kier alpha value is -1.44. The van der Waals surface area contributed by atoms with Crippen LogP contribution < -0.4 is 4.74 Å². The monoisotopic (exact) mass is 371 g/mol. The van der Waals surface area contributed by atoms with Gasteiger partial charge in [-0.15, -0.1) is 0 Å². The third kappa shape index (κ3) is 4.03. The molecule has 0 aliphatic carbocycles. The molecular weight excluding hydrogens is 358 g/mol. The van der Waals surface area contributed by atoms with Crippen LogP contribution in [0, 0.1) is 6.92 Å². The van der Waals surface area contributed by atoms with Gasteiger partial charge in [-0.1, -0.05) is 17.7 Å². The zero-order valence-corrected chi connectivity index (χ0v) is 13.9. The minimum absolute atomic E-state index is 0.120. The van der Waals surface area contributed by atoms with Crippen molar-refractivity contribution in [2.75, 3.05) is 7.11 Å². The van der Waals surface area contributed by atoms with Crippen LogP contribution in [-0.4, -0.2) is 20.5 Å². The number of halogens is 1. The summed E-state index contributed by atoms with van der Waals surface area (Å²) in [4.78, 5) is 4.16. The molecule has 0 radical (unpaired) electrons. The topological polar surface area (TPSA) is 65.5 Å². The molecular formula is C14H14BrNO4S. The summed E-state index contributed by atoms with van der Waals surface area (Å²) in [6, 6.07) is 8.17. The number of hydrogen-bond donors (Lipinski definition) is 0. The molecule has 2 aromatic rings. The van der Waals surface area contributed by atoms with Crippen LogP contribution in [0.2, 0.25) is 0 Å². The van der Waals surface area contributed by atoms with Crippen LogP contribution in [0.5, 0.6) is 5.88 Å². The van der Waals surface area contributed by atoms with Crippen LogP contribution in [0.3, 0.4) is 0 Å². The molecule has 0 saturated carbocycles. The van der Waals surface area contributed by atoms with Crippen molar-refractivity contribution in [3.05, 3.63) is 52.1 Å². The molecule has 0 spiro atoms. The summed E-state index contributed by atoms with van der Waals surface area (Å²) in [7, 11) is -2.35. The molecule has 7 heteroatoms. The first-order chi connectivity index (χ1) is 9.92. The summed E-state index contributed by atoms with van der Waals surface area (Å²) in [6.07, 6.45) is 1.57. The Balaban J connectivity index is 2.19. The number of aryl methyl sites for hydroxylation is 1. The Morgan fingerprint density at radius 1 is 1.24 bits per heavy atom. The highest BCUT2D eigenvalue weighted by Gasteiger charge is 2.17. The second-order valence-electron chi connectivity index (χ2n) is 4.35. The lowest BCUT2D eigenvalue weighted by molar-refractivity contribution is 0.296. The zero-order valence-electron chi connectivity index (χ0n) is 11.5. The first kappa shape index (κ1) is 15.9. The molecule has 0 fully saturated rings. The Kier molecular flexibility index (Phi) is 4.97. The Morgan fingerprint density at radius 3 is 2.52 bits per heavy atom. The van der Waals surface area contributed by atoms with Crippen molar-refractivity contribution in [3.63, 3.8) is 0 Å². The summed E-state index contributed by atoms with van der Waals surface area (Å²) in [6.45, 7) is 1.74. The lowest BCUT2D eigenvalue weighted by atomic mass is 10.2. The fourth-order valence-electron chi connectivity index (χ4n) is 1.67. The smallest absolute Gasteiger partial charge is 0.297 e. The number of ether oxygens (including phenoxy) is 1. The fourth-order valence-corrected chi connectivity index (χ4v) is 2.94. The van der Waals surface area contributed by atoms with E-state index in [0.29, 0.717) is 11.4 Å². The van der Waals surface area contributed by atoms with Gasteiger partial charge in [0.25, 0.3) is 10.1 Å². The van der Waals surface area contributed by atoms with Crippen LogP contribution >= 0.6 is 15.9 Å². The first-order valence-electron chi connectivity index (χ1n) is 6.07. The molecule has 0 atom stereocenters. The fraction of sp³-hybridized carbons (Fsp3) is 0.214. The number of methoxy groups -OCH3 is 1. The average Bonchev–Trinajstić information content (AvgIpc) is 2.46. The summed E-state index contributed by atoms with van der Waals surface area (Å²) in [5.41, 5.74) is 1.52. The molecule has 1 aromatic heterocycles. The summed E-state index contributed by atoms with van der Waals surface area (Å²) in [5.74, 6) is 0.331. The highest BCUT2D eigenvalue weighted by molar-refractivity contribution is 9.10. The SMILES string of the molecule is COc1ncc(Br)cc1COS(=O)(=O)c1ccc(C)cc1. The Bertz CT molecular complexity index is 729. The van der Waals surface area contributed by atoms with Crippen molar-refractivity contribution in [1.29, 1.82) is 0 Å². The van der Waals surface area contributed by atoms with Gasteiger partial charge in [-0.2, -0.15) is 8.42 Å². The van der Waals surface area contributed by atoms with Crippen molar-refractivity contribution < 1.29 is 17.3 Å². The second-order valence-corrected chi connectivity index (χ2v) is 6.88. The highest BCUT2D eigenvalue weighted by atomic mass is 79.9. The van der Waals surface area contributed by atoms with Gasteiger partial charge < -0.3 is 4.74 Å². The van der Waals surface area contributed by atoms with E-state index in [1.807, 2.05) is 6.92 Å². The quantitative estimate of drug-likeness (QED) is 0.755. The predicted octanol–water partition coefficient (Wildman–Crippen LogP) is 3.07. The molecule has 0 saturated heterocycles. The number of benzene rings is 1. The third-order valence-corrected chi connectivity index (χ3v) is 4.48. The van der Waals surface area contributed by atoms with E-state index >= 15 is 0 Å². The van der Waals surface area contributed by atoms with E-state index in [0.717, 1.165) is 10.0 Å². The molecule has 112 valence electrons. The summed E-state index contributed by atoms with van der Waals surface area (Å²) in [5, 5.41) is 0. The first-order valence-corrected chi connectivity index (χ1v) is 8.27. The normalized spacial score (nSPS) is 11.4. The number of nitrogens with zero attached hydrogens (tertiary/aromatic N) is 1. The average molecular weight is 372 g/mol. The van der Waals surface area contributed by atoms with Gasteiger partial charge in [0, 0.05) is 16.2 Å². The maximum Gasteiger partial charge on any atom is 0.297 e. The molecule has 0 bridgehead atoms. The molecule has 0 unspecified atom stereocenters. The van der Waals surface area contributed by atoms with Gasteiger partial charge >= 0.3 is 0 Å². The maximum atomic E-state index is 12.1. The molecule has 1 heterocycles. The van der Waals surface area contributed by atoms with E-state index in [1.54, 1.807) is 24.4 Å². The molecule has 5 nitrogen and oxygen atoms in total. The number of hydrogen-bond acceptors (Lipinski definition) is 5. The molecule has 0 aliphatic heterocycles. The molecule has 1 aromatic carbocycles. The Labute approximate surface area is 132 Å². The Morgan fingerprint density at radius 2 is 1.90 bits per heavy atom. The van der Waals surface area contributed by atoms with Crippen LogP contribution in [0.4, 0.5) is 0 Å². The van der Waals surface area contributed by atoms with E-state index < -0.39 is 10.1 Å². The van der Waals surface area contributed by atoms with Gasteiger partial charge in [0.15, 0.2) is 0 Å². The summed E-state index contributed by atoms with van der Waals surface area (Å²) >= 11 is 3.28. The third-order valence-electron chi connectivity index (χ3n) is 2.76. The second kappa shape index (κ2) is 6.55.